The number of rotatable bonds is 5. The van der Waals surface area contributed by atoms with Crippen molar-refractivity contribution in [1.29, 1.82) is 0 Å². The molecular weight excluding hydrogens is 470 g/mol. The number of carbonyl (C=O) groups is 1. The van der Waals surface area contributed by atoms with Crippen LogP contribution in [0.3, 0.4) is 0 Å². The van der Waals surface area contributed by atoms with E-state index in [1.165, 1.54) is 16.0 Å². The second-order valence-electron chi connectivity index (χ2n) is 7.69. The van der Waals surface area contributed by atoms with Crippen LogP contribution >= 0.6 is 27.3 Å². The van der Waals surface area contributed by atoms with Gasteiger partial charge >= 0.3 is 0 Å². The van der Waals surface area contributed by atoms with Gasteiger partial charge in [-0.05, 0) is 40.8 Å². The van der Waals surface area contributed by atoms with Crippen LogP contribution in [0, 0.1) is 0 Å². The van der Waals surface area contributed by atoms with Crippen molar-refractivity contribution in [3.05, 3.63) is 44.1 Å². The van der Waals surface area contributed by atoms with Crippen LogP contribution in [-0.4, -0.2) is 35.3 Å². The van der Waals surface area contributed by atoms with Gasteiger partial charge in [-0.2, -0.15) is 5.10 Å². The molecule has 4 heterocycles. The lowest BCUT2D eigenvalue weighted by Gasteiger charge is -2.11. The Morgan fingerprint density at radius 1 is 1.40 bits per heavy atom. The van der Waals surface area contributed by atoms with E-state index in [0.29, 0.717) is 31.9 Å². The van der Waals surface area contributed by atoms with E-state index < -0.39 is 0 Å². The van der Waals surface area contributed by atoms with Gasteiger partial charge in [-0.25, -0.2) is 9.67 Å². The van der Waals surface area contributed by atoms with E-state index in [2.05, 4.69) is 36.5 Å². The Kier molecular flexibility index (Phi) is 4.66. The van der Waals surface area contributed by atoms with Gasteiger partial charge in [-0.15, -0.1) is 21.5 Å². The molecule has 1 amide bonds. The topological polar surface area (TPSA) is 107 Å². The first-order valence-corrected chi connectivity index (χ1v) is 11.2. The molecule has 0 spiro atoms. The van der Waals surface area contributed by atoms with E-state index in [0.717, 1.165) is 23.5 Å². The maximum Gasteiger partial charge on any atom is 0.286 e. The lowest BCUT2D eigenvalue weighted by molar-refractivity contribution is -0.117. The molecule has 1 aliphatic carbocycles. The molecule has 1 N–H and O–H groups in total. The molecule has 0 radical (unpaired) electrons. The number of nitrogens with one attached hydrogen (secondary N) is 1. The average molecular weight is 488 g/mol. The molecule has 5 rings (SSSR count). The smallest absolute Gasteiger partial charge is 0.286 e. The Hall–Kier alpha value is -2.66. The van der Waals surface area contributed by atoms with Crippen LogP contribution in [-0.2, 0) is 11.3 Å². The highest BCUT2D eigenvalue weighted by molar-refractivity contribution is 9.10. The van der Waals surface area contributed by atoms with Gasteiger partial charge in [-0.3, -0.25) is 14.0 Å². The van der Waals surface area contributed by atoms with E-state index >= 15 is 0 Å². The first kappa shape index (κ1) is 19.3. The van der Waals surface area contributed by atoms with Crippen LogP contribution in [0.5, 0.6) is 0 Å². The Morgan fingerprint density at radius 3 is 2.93 bits per heavy atom. The molecule has 0 aliphatic heterocycles. The summed E-state index contributed by atoms with van der Waals surface area (Å²) in [4.78, 5) is 30.4. The molecule has 0 unspecified atom stereocenters. The van der Waals surface area contributed by atoms with E-state index in [-0.39, 0.29) is 23.9 Å². The Bertz CT molecular complexity index is 1350. The molecule has 4 aromatic heterocycles. The summed E-state index contributed by atoms with van der Waals surface area (Å²) in [5.74, 6) is 0.207. The third kappa shape index (κ3) is 3.41. The van der Waals surface area contributed by atoms with Crippen molar-refractivity contribution < 1.29 is 4.79 Å². The van der Waals surface area contributed by atoms with Crippen molar-refractivity contribution in [2.45, 2.75) is 45.1 Å². The molecule has 1 saturated carbocycles. The van der Waals surface area contributed by atoms with Crippen LogP contribution in [0.4, 0.5) is 5.69 Å². The van der Waals surface area contributed by atoms with Crippen molar-refractivity contribution >= 4 is 54.7 Å². The number of thiazole rings is 1. The Labute approximate surface area is 183 Å². The van der Waals surface area contributed by atoms with Gasteiger partial charge in [0.1, 0.15) is 23.1 Å². The van der Waals surface area contributed by atoms with E-state index in [9.17, 15) is 9.59 Å². The number of halogens is 1. The standard InChI is InChI=1S/C19H18BrN7O2S/c1-9(2)14-15-16(30-18(23-15)10-3-4-10)19(29)27(25-14)7-13(28)22-11-5-12(20)17-24-21-8-26(17)6-11/h5-6,8-10H,3-4,7H2,1-2H3,(H,22,28). The third-order valence-electron chi connectivity index (χ3n) is 4.94. The number of pyridine rings is 1. The minimum Gasteiger partial charge on any atom is -0.323 e. The van der Waals surface area contributed by atoms with Crippen molar-refractivity contribution in [1.82, 2.24) is 29.4 Å². The molecule has 0 bridgehead atoms. The zero-order valence-electron chi connectivity index (χ0n) is 16.3. The predicted octanol–water partition coefficient (Wildman–Crippen LogP) is 3.30. The summed E-state index contributed by atoms with van der Waals surface area (Å²) in [5.41, 5.74) is 2.36. The van der Waals surface area contributed by atoms with Gasteiger partial charge in [0.25, 0.3) is 5.56 Å². The summed E-state index contributed by atoms with van der Waals surface area (Å²) in [6, 6.07) is 1.74. The molecule has 0 atom stereocenters. The highest BCUT2D eigenvalue weighted by Gasteiger charge is 2.29. The first-order valence-electron chi connectivity index (χ1n) is 9.61. The molecular formula is C19H18BrN7O2S. The van der Waals surface area contributed by atoms with Crippen molar-refractivity contribution in [2.75, 3.05) is 5.32 Å². The van der Waals surface area contributed by atoms with E-state index in [4.69, 9.17) is 4.98 Å². The normalized spacial score (nSPS) is 14.1. The fourth-order valence-electron chi connectivity index (χ4n) is 3.30. The zero-order chi connectivity index (χ0) is 21.0. The minimum atomic E-state index is -0.343. The summed E-state index contributed by atoms with van der Waals surface area (Å²) < 4.78 is 4.23. The largest absolute Gasteiger partial charge is 0.323 e. The molecule has 154 valence electrons. The highest BCUT2D eigenvalue weighted by Crippen LogP contribution is 2.43. The fraction of sp³-hybridized carbons (Fsp3) is 0.368. The highest BCUT2D eigenvalue weighted by atomic mass is 79.9. The lowest BCUT2D eigenvalue weighted by atomic mass is 10.1. The van der Waals surface area contributed by atoms with E-state index in [1.807, 2.05) is 13.8 Å². The molecule has 1 fully saturated rings. The second kappa shape index (κ2) is 7.24. The molecule has 30 heavy (non-hydrogen) atoms. The fourth-order valence-corrected chi connectivity index (χ4v) is 5.02. The van der Waals surface area contributed by atoms with Gasteiger partial charge < -0.3 is 5.32 Å². The SMILES string of the molecule is CC(C)c1nn(CC(=O)Nc2cc(Br)c3nncn3c2)c(=O)c2sc(C3CC3)nc12. The van der Waals surface area contributed by atoms with Crippen LogP contribution in [0.15, 0.2) is 27.9 Å². The molecule has 9 nitrogen and oxygen atoms in total. The van der Waals surface area contributed by atoms with Gasteiger partial charge in [0.05, 0.1) is 20.9 Å². The Balaban J connectivity index is 1.47. The second-order valence-corrected chi connectivity index (χ2v) is 9.58. The lowest BCUT2D eigenvalue weighted by Crippen LogP contribution is -2.30. The van der Waals surface area contributed by atoms with Crippen LogP contribution in [0.25, 0.3) is 15.9 Å². The van der Waals surface area contributed by atoms with Gasteiger partial charge in [0.2, 0.25) is 5.91 Å². The average Bonchev–Trinajstić information content (AvgIpc) is 3.25. The molecule has 0 aromatic carbocycles. The quantitative estimate of drug-likeness (QED) is 0.462. The summed E-state index contributed by atoms with van der Waals surface area (Å²) in [5, 5.41) is 16.1. The van der Waals surface area contributed by atoms with Crippen LogP contribution in [0.1, 0.15) is 49.2 Å². The summed E-state index contributed by atoms with van der Waals surface area (Å²) in [7, 11) is 0. The number of hydrogen-bond acceptors (Lipinski definition) is 7. The number of hydrogen-bond donors (Lipinski definition) is 1. The number of nitrogens with zero attached hydrogens (tertiary/aromatic N) is 6. The van der Waals surface area contributed by atoms with Crippen molar-refractivity contribution in [3.63, 3.8) is 0 Å². The Morgan fingerprint density at radius 2 is 2.20 bits per heavy atom. The minimum absolute atomic E-state index is 0.0867. The number of aromatic nitrogens is 6. The zero-order valence-corrected chi connectivity index (χ0v) is 18.7. The van der Waals surface area contributed by atoms with Gasteiger partial charge in [0, 0.05) is 12.1 Å². The summed E-state index contributed by atoms with van der Waals surface area (Å²) >= 11 is 4.86. The van der Waals surface area contributed by atoms with Gasteiger partial charge in [-0.1, -0.05) is 13.8 Å². The molecule has 1 aliphatic rings. The molecule has 4 aromatic rings. The van der Waals surface area contributed by atoms with Crippen LogP contribution < -0.4 is 10.9 Å². The summed E-state index contributed by atoms with van der Waals surface area (Å²) in [6.07, 6.45) is 5.49. The maximum atomic E-state index is 13.0. The number of fused-ring (bicyclic) bond motifs is 2. The molecule has 11 heteroatoms. The number of amides is 1. The van der Waals surface area contributed by atoms with Gasteiger partial charge in [0.15, 0.2) is 5.65 Å². The monoisotopic (exact) mass is 487 g/mol. The first-order chi connectivity index (χ1) is 14.4. The van der Waals surface area contributed by atoms with Crippen LogP contribution in [0.2, 0.25) is 0 Å². The number of anilines is 1. The summed E-state index contributed by atoms with van der Waals surface area (Å²) in [6.45, 7) is 3.85. The number of carbonyl (C=O) groups excluding carboxylic acids is 1. The van der Waals surface area contributed by atoms with E-state index in [1.54, 1.807) is 23.0 Å². The third-order valence-corrected chi connectivity index (χ3v) is 6.73. The molecule has 0 saturated heterocycles. The van der Waals surface area contributed by atoms with Crippen molar-refractivity contribution in [3.8, 4) is 0 Å². The predicted molar refractivity (Wildman–Crippen MR) is 117 cm³/mol. The van der Waals surface area contributed by atoms with Crippen molar-refractivity contribution in [2.24, 2.45) is 0 Å². The maximum absolute atomic E-state index is 13.0.